The molecule has 1 fully saturated rings. The number of carbonyl (C=O) groups excluding carboxylic acids is 2. The number of nitrogens with zero attached hydrogens (tertiary/aromatic N) is 3. The molecule has 1 aliphatic rings. The van der Waals surface area contributed by atoms with E-state index in [0.717, 1.165) is 29.0 Å². The van der Waals surface area contributed by atoms with Gasteiger partial charge in [0.2, 0.25) is 5.82 Å². The van der Waals surface area contributed by atoms with Crippen LogP contribution in [0.15, 0.2) is 72.1 Å². The molecule has 2 aromatic heterocycles. The van der Waals surface area contributed by atoms with Gasteiger partial charge in [0.15, 0.2) is 12.4 Å². The van der Waals surface area contributed by atoms with E-state index in [4.69, 9.17) is 4.74 Å². The van der Waals surface area contributed by atoms with Crippen LogP contribution in [0.5, 0.6) is 5.75 Å². The number of aromatic nitrogens is 3. The molecule has 0 atom stereocenters. The molecule has 1 aliphatic carbocycles. The van der Waals surface area contributed by atoms with Crippen molar-refractivity contribution in [2.45, 2.75) is 25.3 Å². The van der Waals surface area contributed by atoms with Gasteiger partial charge in [-0.3, -0.25) is 9.59 Å². The summed E-state index contributed by atoms with van der Waals surface area (Å²) in [4.78, 5) is 30.0. The lowest BCUT2D eigenvalue weighted by Gasteiger charge is -2.08. The molecule has 0 radical (unpaired) electrons. The molecule has 178 valence electrons. The van der Waals surface area contributed by atoms with Gasteiger partial charge in [0, 0.05) is 12.6 Å². The number of benzene rings is 2. The van der Waals surface area contributed by atoms with E-state index in [9.17, 15) is 9.59 Å². The van der Waals surface area contributed by atoms with Gasteiger partial charge < -0.3 is 15.4 Å². The molecule has 9 heteroatoms. The van der Waals surface area contributed by atoms with Gasteiger partial charge in [-0.1, -0.05) is 36.4 Å². The molecule has 35 heavy (non-hydrogen) atoms. The van der Waals surface area contributed by atoms with Gasteiger partial charge in [0.25, 0.3) is 11.8 Å². The second-order valence-electron chi connectivity index (χ2n) is 8.26. The van der Waals surface area contributed by atoms with Crippen molar-refractivity contribution in [1.82, 2.24) is 25.4 Å². The van der Waals surface area contributed by atoms with Crippen molar-refractivity contribution in [2.75, 3.05) is 13.2 Å². The summed E-state index contributed by atoms with van der Waals surface area (Å²) >= 11 is 1.55. The second kappa shape index (κ2) is 10.5. The van der Waals surface area contributed by atoms with Crippen molar-refractivity contribution in [1.29, 1.82) is 0 Å². The van der Waals surface area contributed by atoms with Crippen LogP contribution in [0.1, 0.15) is 29.0 Å². The molecule has 2 aromatic carbocycles. The summed E-state index contributed by atoms with van der Waals surface area (Å²) < 4.78 is 7.23. The van der Waals surface area contributed by atoms with E-state index in [2.05, 4.69) is 20.7 Å². The quantitative estimate of drug-likeness (QED) is 0.356. The van der Waals surface area contributed by atoms with E-state index in [1.165, 1.54) is 0 Å². The van der Waals surface area contributed by atoms with E-state index < -0.39 is 0 Å². The Morgan fingerprint density at radius 3 is 2.54 bits per heavy atom. The number of para-hydroxylation sites is 1. The molecule has 0 aliphatic heterocycles. The van der Waals surface area contributed by atoms with E-state index >= 15 is 0 Å². The smallest absolute Gasteiger partial charge is 0.291 e. The highest BCUT2D eigenvalue weighted by molar-refractivity contribution is 7.13. The van der Waals surface area contributed by atoms with Gasteiger partial charge in [-0.2, -0.15) is 0 Å². The molecule has 2 heterocycles. The summed E-state index contributed by atoms with van der Waals surface area (Å²) in [7, 11) is 0. The minimum absolute atomic E-state index is 0.0159. The number of hydrogen-bond acceptors (Lipinski definition) is 6. The normalized spacial score (nSPS) is 12.8. The molecule has 0 saturated heterocycles. The summed E-state index contributed by atoms with van der Waals surface area (Å²) in [5.74, 6) is 0.993. The second-order valence-corrected chi connectivity index (χ2v) is 9.21. The van der Waals surface area contributed by atoms with E-state index in [-0.39, 0.29) is 24.2 Å². The highest BCUT2D eigenvalue weighted by atomic mass is 32.1. The Balaban J connectivity index is 1.16. The Kier molecular flexibility index (Phi) is 6.85. The number of thiophene rings is 1. The van der Waals surface area contributed by atoms with Crippen molar-refractivity contribution in [3.8, 4) is 22.1 Å². The first-order valence-electron chi connectivity index (χ1n) is 11.5. The zero-order valence-electron chi connectivity index (χ0n) is 19.0. The van der Waals surface area contributed by atoms with Crippen LogP contribution < -0.4 is 15.4 Å². The number of carbonyl (C=O) groups is 2. The van der Waals surface area contributed by atoms with Crippen molar-refractivity contribution in [2.24, 2.45) is 0 Å². The highest BCUT2D eigenvalue weighted by Crippen LogP contribution is 2.25. The minimum Gasteiger partial charge on any atom is -0.484 e. The molecule has 4 aromatic rings. The molecule has 0 spiro atoms. The average Bonchev–Trinajstić information content (AvgIpc) is 3.34. The van der Waals surface area contributed by atoms with Crippen molar-refractivity contribution < 1.29 is 14.3 Å². The summed E-state index contributed by atoms with van der Waals surface area (Å²) in [5, 5.41) is 12.3. The maximum Gasteiger partial charge on any atom is 0.291 e. The number of hydrogen-bond donors (Lipinski definition) is 2. The lowest BCUT2D eigenvalue weighted by molar-refractivity contribution is -0.123. The molecule has 0 bridgehead atoms. The predicted molar refractivity (Wildman–Crippen MR) is 134 cm³/mol. The van der Waals surface area contributed by atoms with Crippen molar-refractivity contribution in [3.05, 3.63) is 83.5 Å². The Bertz CT molecular complexity index is 1280. The Morgan fingerprint density at radius 1 is 1.03 bits per heavy atom. The van der Waals surface area contributed by atoms with Gasteiger partial charge in [-0.25, -0.2) is 9.67 Å². The Labute approximate surface area is 207 Å². The van der Waals surface area contributed by atoms with Crippen molar-refractivity contribution in [3.63, 3.8) is 0 Å². The van der Waals surface area contributed by atoms with Gasteiger partial charge >= 0.3 is 0 Å². The maximum absolute atomic E-state index is 12.8. The first-order chi connectivity index (χ1) is 17.2. The Morgan fingerprint density at radius 2 is 1.83 bits per heavy atom. The average molecular weight is 488 g/mol. The molecular weight excluding hydrogens is 462 g/mol. The van der Waals surface area contributed by atoms with Crippen molar-refractivity contribution >= 4 is 23.2 Å². The van der Waals surface area contributed by atoms with Crippen LogP contribution in [0.3, 0.4) is 0 Å². The Hall–Kier alpha value is -3.98. The highest BCUT2D eigenvalue weighted by Gasteiger charge is 2.23. The van der Waals surface area contributed by atoms with Crippen LogP contribution in [0.25, 0.3) is 16.4 Å². The van der Waals surface area contributed by atoms with Gasteiger partial charge in [0.05, 0.1) is 10.6 Å². The van der Waals surface area contributed by atoms with Crippen LogP contribution in [0.2, 0.25) is 0 Å². The largest absolute Gasteiger partial charge is 0.484 e. The molecule has 0 unspecified atom stereocenters. The fourth-order valence-corrected chi connectivity index (χ4v) is 4.22. The van der Waals surface area contributed by atoms with Crippen LogP contribution >= 0.6 is 11.3 Å². The third-order valence-electron chi connectivity index (χ3n) is 5.49. The first kappa shape index (κ1) is 22.8. The van der Waals surface area contributed by atoms with Crippen LogP contribution in [-0.4, -0.2) is 45.8 Å². The zero-order chi connectivity index (χ0) is 24.0. The summed E-state index contributed by atoms with van der Waals surface area (Å²) in [5.41, 5.74) is 1.89. The predicted octanol–water partition coefficient (Wildman–Crippen LogP) is 3.63. The summed E-state index contributed by atoms with van der Waals surface area (Å²) in [6, 6.07) is 21.4. The van der Waals surface area contributed by atoms with Crippen LogP contribution in [0.4, 0.5) is 0 Å². The summed E-state index contributed by atoms with van der Waals surface area (Å²) in [6.07, 6.45) is 2.75. The molecule has 2 amide bonds. The first-order valence-corrected chi connectivity index (χ1v) is 12.4. The monoisotopic (exact) mass is 487 g/mol. The number of ether oxygens (including phenoxy) is 1. The third-order valence-corrected chi connectivity index (χ3v) is 6.35. The summed E-state index contributed by atoms with van der Waals surface area (Å²) in [6.45, 7) is 0.457. The molecule has 2 N–H and O–H groups in total. The SMILES string of the molecule is O=C(COc1ccc(CCNC(=O)c2nc(-c3cccs3)n(-c3ccccc3)n2)cc1)NC1CC1. The fourth-order valence-electron chi connectivity index (χ4n) is 3.52. The maximum atomic E-state index is 12.8. The molecule has 5 rings (SSSR count). The number of amides is 2. The van der Waals surface area contributed by atoms with Gasteiger partial charge in [-0.15, -0.1) is 16.4 Å². The van der Waals surface area contributed by atoms with Gasteiger partial charge in [0.1, 0.15) is 5.75 Å². The van der Waals surface area contributed by atoms with Crippen LogP contribution in [0, 0.1) is 0 Å². The lowest BCUT2D eigenvalue weighted by atomic mass is 10.1. The number of nitrogens with one attached hydrogen (secondary N) is 2. The number of rotatable bonds is 10. The minimum atomic E-state index is -0.320. The zero-order valence-corrected chi connectivity index (χ0v) is 19.8. The van der Waals surface area contributed by atoms with E-state index in [1.54, 1.807) is 16.0 Å². The molecular formula is C26H25N5O3S. The lowest BCUT2D eigenvalue weighted by Crippen LogP contribution is -2.30. The van der Waals surface area contributed by atoms with E-state index in [0.29, 0.717) is 30.6 Å². The topological polar surface area (TPSA) is 98.1 Å². The standard InChI is InChI=1S/C26H25N5O3S/c32-23(28-19-10-11-19)17-34-21-12-8-18(9-13-21)14-15-27-26(33)24-29-25(22-7-4-16-35-22)31(30-24)20-5-2-1-3-6-20/h1-9,12-13,16,19H,10-11,14-15,17H2,(H,27,33)(H,28,32). The van der Waals surface area contributed by atoms with Crippen LogP contribution in [-0.2, 0) is 11.2 Å². The fraction of sp³-hybridized carbons (Fsp3) is 0.231. The molecule has 8 nitrogen and oxygen atoms in total. The molecule has 1 saturated carbocycles. The third kappa shape index (κ3) is 5.93. The van der Waals surface area contributed by atoms with Gasteiger partial charge in [-0.05, 0) is 60.5 Å². The van der Waals surface area contributed by atoms with E-state index in [1.807, 2.05) is 72.1 Å².